The maximum Gasteiger partial charge on any atom is 0.348 e. The van der Waals surface area contributed by atoms with Crippen molar-refractivity contribution in [3.63, 3.8) is 0 Å². The van der Waals surface area contributed by atoms with Crippen molar-refractivity contribution in [2.24, 2.45) is 0 Å². The lowest BCUT2D eigenvalue weighted by molar-refractivity contribution is 0.101. The summed E-state index contributed by atoms with van der Waals surface area (Å²) in [6, 6.07) is 14.7. The lowest BCUT2D eigenvalue weighted by atomic mass is 10.1. The smallest absolute Gasteiger partial charge is 0.319 e. The lowest BCUT2D eigenvalue weighted by Gasteiger charge is -2.09. The molecule has 0 aliphatic carbocycles. The van der Waals surface area contributed by atoms with Gasteiger partial charge in [-0.1, -0.05) is 36.4 Å². The zero-order valence-corrected chi connectivity index (χ0v) is 12.8. The molecule has 0 unspecified atom stereocenters. The Kier molecular flexibility index (Phi) is 3.80. The first kappa shape index (κ1) is 14.8. The first-order valence-corrected chi connectivity index (χ1v) is 7.18. The zero-order valence-electron chi connectivity index (χ0n) is 12.8. The fourth-order valence-electron chi connectivity index (χ4n) is 2.36. The molecule has 0 bridgehead atoms. The summed E-state index contributed by atoms with van der Waals surface area (Å²) in [5.74, 6) is -0.476. The quantitative estimate of drug-likeness (QED) is 0.780. The minimum absolute atomic E-state index is 0.0264. The molecule has 2 N–H and O–H groups in total. The molecule has 0 spiro atoms. The second-order valence-corrected chi connectivity index (χ2v) is 5.25. The molecule has 6 heteroatoms. The molecule has 1 heterocycles. The topological polar surface area (TPSA) is 79.8 Å². The Morgan fingerprint density at radius 3 is 2.35 bits per heavy atom. The first-order chi connectivity index (χ1) is 11.1. The summed E-state index contributed by atoms with van der Waals surface area (Å²) in [6.45, 7) is 3.82. The molecular formula is C17H16N4O2. The van der Waals surface area contributed by atoms with Crippen molar-refractivity contribution < 1.29 is 4.79 Å². The van der Waals surface area contributed by atoms with E-state index in [1.165, 1.54) is 4.68 Å². The Hall–Kier alpha value is -3.15. The molecule has 0 aliphatic heterocycles. The highest BCUT2D eigenvalue weighted by molar-refractivity contribution is 6.02. The number of rotatable bonds is 3. The van der Waals surface area contributed by atoms with Gasteiger partial charge in [-0.2, -0.15) is 4.68 Å². The molecule has 3 rings (SSSR count). The number of aryl methyl sites for hydroxylation is 2. The van der Waals surface area contributed by atoms with Crippen LogP contribution in [0.1, 0.15) is 21.7 Å². The fraction of sp³-hybridized carbons (Fsp3) is 0.118. The van der Waals surface area contributed by atoms with Crippen molar-refractivity contribution in [1.82, 2.24) is 14.8 Å². The van der Waals surface area contributed by atoms with Gasteiger partial charge in [0.05, 0.1) is 5.69 Å². The maximum atomic E-state index is 12.4. The van der Waals surface area contributed by atoms with Crippen LogP contribution in [0.4, 0.5) is 5.69 Å². The van der Waals surface area contributed by atoms with Crippen LogP contribution in [0.15, 0.2) is 53.3 Å². The second-order valence-electron chi connectivity index (χ2n) is 5.25. The Morgan fingerprint density at radius 2 is 1.70 bits per heavy atom. The number of benzene rings is 2. The van der Waals surface area contributed by atoms with Crippen LogP contribution < -0.4 is 11.0 Å². The van der Waals surface area contributed by atoms with E-state index in [1.807, 2.05) is 38.1 Å². The van der Waals surface area contributed by atoms with Crippen LogP contribution >= 0.6 is 0 Å². The van der Waals surface area contributed by atoms with E-state index in [4.69, 9.17) is 0 Å². The van der Waals surface area contributed by atoms with Gasteiger partial charge in [0.2, 0.25) is 5.82 Å². The monoisotopic (exact) mass is 308 g/mol. The van der Waals surface area contributed by atoms with E-state index in [0.717, 1.165) is 16.8 Å². The molecule has 0 saturated carbocycles. The van der Waals surface area contributed by atoms with E-state index in [9.17, 15) is 9.59 Å². The predicted octanol–water partition coefficient (Wildman–Crippen LogP) is 2.43. The molecule has 0 saturated heterocycles. The molecule has 0 aliphatic rings. The van der Waals surface area contributed by atoms with E-state index in [1.54, 1.807) is 24.3 Å². The number of hydrogen-bond acceptors (Lipinski definition) is 3. The second kappa shape index (κ2) is 5.92. The van der Waals surface area contributed by atoms with Crippen LogP contribution in [-0.2, 0) is 0 Å². The molecular weight excluding hydrogens is 292 g/mol. The van der Waals surface area contributed by atoms with E-state index < -0.39 is 11.6 Å². The molecule has 23 heavy (non-hydrogen) atoms. The zero-order chi connectivity index (χ0) is 16.4. The molecule has 0 radical (unpaired) electrons. The molecule has 2 aromatic carbocycles. The van der Waals surface area contributed by atoms with Gasteiger partial charge >= 0.3 is 5.69 Å². The number of nitrogens with one attached hydrogen (secondary N) is 2. The van der Waals surface area contributed by atoms with Crippen LogP contribution in [0.2, 0.25) is 0 Å². The number of carbonyl (C=O) groups excluding carboxylic acids is 1. The third-order valence-corrected chi connectivity index (χ3v) is 3.55. The van der Waals surface area contributed by atoms with Crippen LogP contribution in [0, 0.1) is 13.8 Å². The highest BCUT2D eigenvalue weighted by Crippen LogP contribution is 2.19. The van der Waals surface area contributed by atoms with Crippen molar-refractivity contribution in [3.8, 4) is 5.69 Å². The number of nitrogens with zero attached hydrogens (tertiary/aromatic N) is 2. The summed E-state index contributed by atoms with van der Waals surface area (Å²) in [5.41, 5.74) is 2.77. The number of hydrogen-bond donors (Lipinski definition) is 2. The number of aromatic amines is 1. The van der Waals surface area contributed by atoms with Gasteiger partial charge in [-0.05, 0) is 37.1 Å². The fourth-order valence-corrected chi connectivity index (χ4v) is 2.36. The standard InChI is InChI=1S/C17H16N4O2/c1-11-7-6-8-12(2)14(11)18-16(22)15-19-17(23)21(20-15)13-9-4-3-5-10-13/h3-10H,1-2H3,(H,18,22)(H,19,20,23). The summed E-state index contributed by atoms with van der Waals surface area (Å²) in [5, 5.41) is 6.87. The summed E-state index contributed by atoms with van der Waals surface area (Å²) in [4.78, 5) is 26.8. The van der Waals surface area contributed by atoms with Crippen molar-refractivity contribution in [2.75, 3.05) is 5.32 Å². The molecule has 0 atom stereocenters. The van der Waals surface area contributed by atoms with Crippen LogP contribution in [-0.4, -0.2) is 20.7 Å². The van der Waals surface area contributed by atoms with E-state index in [-0.39, 0.29) is 5.82 Å². The van der Waals surface area contributed by atoms with Gasteiger partial charge in [-0.15, -0.1) is 5.10 Å². The van der Waals surface area contributed by atoms with Crippen LogP contribution in [0.5, 0.6) is 0 Å². The molecule has 3 aromatic rings. The Bertz CT molecular complexity index is 890. The van der Waals surface area contributed by atoms with E-state index >= 15 is 0 Å². The van der Waals surface area contributed by atoms with Gasteiger partial charge < -0.3 is 5.32 Å². The highest BCUT2D eigenvalue weighted by atomic mass is 16.2. The summed E-state index contributed by atoms with van der Waals surface area (Å²) >= 11 is 0. The Morgan fingerprint density at radius 1 is 1.04 bits per heavy atom. The van der Waals surface area contributed by atoms with Gasteiger partial charge in [0.25, 0.3) is 5.91 Å². The third-order valence-electron chi connectivity index (χ3n) is 3.55. The number of para-hydroxylation sites is 2. The van der Waals surface area contributed by atoms with E-state index in [0.29, 0.717) is 5.69 Å². The number of H-pyrrole nitrogens is 1. The molecule has 6 nitrogen and oxygen atoms in total. The van der Waals surface area contributed by atoms with Crippen molar-refractivity contribution in [3.05, 3.63) is 76.0 Å². The SMILES string of the molecule is Cc1cccc(C)c1NC(=O)c1nn(-c2ccccc2)c(=O)[nH]1. The average Bonchev–Trinajstić information content (AvgIpc) is 2.94. The lowest BCUT2D eigenvalue weighted by Crippen LogP contribution is -2.16. The third kappa shape index (κ3) is 2.91. The largest absolute Gasteiger partial charge is 0.348 e. The van der Waals surface area contributed by atoms with E-state index in [2.05, 4.69) is 15.4 Å². The normalized spacial score (nSPS) is 10.5. The summed E-state index contributed by atoms with van der Waals surface area (Å²) in [6.07, 6.45) is 0. The van der Waals surface area contributed by atoms with Gasteiger partial charge in [-0.3, -0.25) is 9.78 Å². The Labute approximate surface area is 132 Å². The minimum Gasteiger partial charge on any atom is -0.319 e. The molecule has 1 aromatic heterocycles. The minimum atomic E-state index is -0.456. The molecule has 116 valence electrons. The first-order valence-electron chi connectivity index (χ1n) is 7.18. The number of amides is 1. The predicted molar refractivity (Wildman–Crippen MR) is 88.1 cm³/mol. The number of carbonyl (C=O) groups is 1. The average molecular weight is 308 g/mol. The Balaban J connectivity index is 1.91. The number of aromatic nitrogens is 3. The van der Waals surface area contributed by atoms with Crippen LogP contribution in [0.3, 0.4) is 0 Å². The van der Waals surface area contributed by atoms with Crippen LogP contribution in [0.25, 0.3) is 5.69 Å². The van der Waals surface area contributed by atoms with Gasteiger partial charge in [0.15, 0.2) is 0 Å². The van der Waals surface area contributed by atoms with Crippen molar-refractivity contribution in [2.45, 2.75) is 13.8 Å². The van der Waals surface area contributed by atoms with Gasteiger partial charge in [-0.25, -0.2) is 4.79 Å². The maximum absolute atomic E-state index is 12.4. The highest BCUT2D eigenvalue weighted by Gasteiger charge is 2.16. The number of anilines is 1. The molecule has 0 fully saturated rings. The molecule has 1 amide bonds. The van der Waals surface area contributed by atoms with Crippen molar-refractivity contribution >= 4 is 11.6 Å². The van der Waals surface area contributed by atoms with Crippen molar-refractivity contribution in [1.29, 1.82) is 0 Å². The van der Waals surface area contributed by atoms with Gasteiger partial charge in [0.1, 0.15) is 0 Å². The summed E-state index contributed by atoms with van der Waals surface area (Å²) < 4.78 is 1.17. The summed E-state index contributed by atoms with van der Waals surface area (Å²) in [7, 11) is 0. The van der Waals surface area contributed by atoms with Gasteiger partial charge in [0, 0.05) is 5.69 Å².